The molecule has 2 N–H and O–H groups in total. The summed E-state index contributed by atoms with van der Waals surface area (Å²) in [5.41, 5.74) is 5.27. The second kappa shape index (κ2) is 11.0. The number of ether oxygens (including phenoxy) is 1. The van der Waals surface area contributed by atoms with Crippen molar-refractivity contribution in [1.29, 1.82) is 0 Å². The Morgan fingerprint density at radius 1 is 0.950 bits per heavy atom. The van der Waals surface area contributed by atoms with Crippen molar-refractivity contribution >= 4 is 51.2 Å². The summed E-state index contributed by atoms with van der Waals surface area (Å²) in [6.45, 7) is 0. The van der Waals surface area contributed by atoms with Gasteiger partial charge in [-0.25, -0.2) is 5.01 Å². The molecule has 6 nitrogen and oxygen atoms in total. The molecule has 1 aliphatic rings. The number of pyridine rings is 1. The minimum absolute atomic E-state index is 0.209. The van der Waals surface area contributed by atoms with Crippen LogP contribution in [0.3, 0.4) is 0 Å². The highest BCUT2D eigenvalue weighted by Gasteiger charge is 2.34. The zero-order valence-corrected chi connectivity index (χ0v) is 23.2. The molecule has 0 radical (unpaired) electrons. The number of hydrogen-bond acceptors (Lipinski definition) is 4. The van der Waals surface area contributed by atoms with E-state index in [4.69, 9.17) is 33.7 Å². The highest BCUT2D eigenvalue weighted by molar-refractivity contribution is 7.80. The quantitative estimate of drug-likeness (QED) is 0.218. The molecule has 1 aromatic heterocycles. The second-order valence-electron chi connectivity index (χ2n) is 9.44. The van der Waals surface area contributed by atoms with Crippen LogP contribution in [-0.4, -0.2) is 27.9 Å². The van der Waals surface area contributed by atoms with Gasteiger partial charge < -0.3 is 15.0 Å². The van der Waals surface area contributed by atoms with Crippen LogP contribution in [0, 0.1) is 0 Å². The lowest BCUT2D eigenvalue weighted by atomic mass is 9.91. The number of fused-ring (bicyclic) bond motifs is 1. The van der Waals surface area contributed by atoms with Gasteiger partial charge in [0.15, 0.2) is 5.11 Å². The summed E-state index contributed by atoms with van der Waals surface area (Å²) in [6, 6.07) is 32.7. The van der Waals surface area contributed by atoms with Crippen molar-refractivity contribution in [2.45, 2.75) is 12.5 Å². The number of H-pyrrole nitrogens is 1. The van der Waals surface area contributed by atoms with Crippen molar-refractivity contribution in [2.75, 3.05) is 12.4 Å². The van der Waals surface area contributed by atoms with Gasteiger partial charge >= 0.3 is 0 Å². The number of thiocarbonyl (C=S) groups is 1. The van der Waals surface area contributed by atoms with E-state index in [9.17, 15) is 4.79 Å². The van der Waals surface area contributed by atoms with Crippen molar-refractivity contribution in [3.8, 4) is 16.9 Å². The maximum Gasteiger partial charge on any atom is 0.258 e. The molecule has 8 heteroatoms. The average molecular weight is 565 g/mol. The Hall–Kier alpha value is -4.46. The first-order valence-electron chi connectivity index (χ1n) is 12.8. The fourth-order valence-electron chi connectivity index (χ4n) is 5.07. The van der Waals surface area contributed by atoms with Gasteiger partial charge in [-0.1, -0.05) is 72.3 Å². The van der Waals surface area contributed by atoms with E-state index in [0.29, 0.717) is 27.8 Å². The summed E-state index contributed by atoms with van der Waals surface area (Å²) in [5, 5.41) is 12.1. The number of halogens is 1. The van der Waals surface area contributed by atoms with E-state index in [1.807, 2.05) is 103 Å². The summed E-state index contributed by atoms with van der Waals surface area (Å²) < 4.78 is 5.37. The Balaban J connectivity index is 1.50. The molecule has 40 heavy (non-hydrogen) atoms. The first kappa shape index (κ1) is 25.8. The van der Waals surface area contributed by atoms with Crippen LogP contribution in [0.5, 0.6) is 5.75 Å². The van der Waals surface area contributed by atoms with E-state index in [-0.39, 0.29) is 11.6 Å². The van der Waals surface area contributed by atoms with Gasteiger partial charge in [-0.3, -0.25) is 4.79 Å². The molecule has 6 rings (SSSR count). The number of benzene rings is 4. The Bertz CT molecular complexity index is 1790. The Morgan fingerprint density at radius 3 is 2.38 bits per heavy atom. The van der Waals surface area contributed by atoms with Gasteiger partial charge in [-0.15, -0.1) is 0 Å². The van der Waals surface area contributed by atoms with Crippen molar-refractivity contribution in [1.82, 2.24) is 9.99 Å². The number of hydrazone groups is 1. The Labute approximate surface area is 241 Å². The van der Waals surface area contributed by atoms with Gasteiger partial charge in [0.1, 0.15) is 5.75 Å². The van der Waals surface area contributed by atoms with Gasteiger partial charge in [0.25, 0.3) is 5.56 Å². The van der Waals surface area contributed by atoms with Gasteiger partial charge in [0, 0.05) is 33.6 Å². The van der Waals surface area contributed by atoms with Crippen LogP contribution in [0.15, 0.2) is 113 Å². The lowest BCUT2D eigenvalue weighted by Crippen LogP contribution is -2.31. The summed E-state index contributed by atoms with van der Waals surface area (Å²) in [4.78, 5) is 16.8. The first-order chi connectivity index (χ1) is 19.5. The third-order valence-electron chi connectivity index (χ3n) is 6.99. The largest absolute Gasteiger partial charge is 0.497 e. The highest BCUT2D eigenvalue weighted by Crippen LogP contribution is 2.38. The summed E-state index contributed by atoms with van der Waals surface area (Å²) in [7, 11) is 1.64. The molecule has 2 heterocycles. The molecular weight excluding hydrogens is 540 g/mol. The van der Waals surface area contributed by atoms with Crippen LogP contribution in [0.4, 0.5) is 5.69 Å². The van der Waals surface area contributed by atoms with Crippen LogP contribution in [-0.2, 0) is 0 Å². The van der Waals surface area contributed by atoms with Gasteiger partial charge in [0.05, 0.1) is 24.4 Å². The standard InChI is InChI=1S/C32H25ClN4O2S/c1-39-24-17-13-20(14-18-24)28-19-27(36-37(28)32(40)34-23-7-3-2-4-8-23)30-29(21-11-15-22(33)16-12-21)25-9-5-6-10-26(25)35-31(30)38/h2-18,28H,19H2,1H3,(H,34,40)(H,35,38)/t28-/m0/s1. The smallest absolute Gasteiger partial charge is 0.258 e. The predicted molar refractivity (Wildman–Crippen MR) is 166 cm³/mol. The number of hydrogen-bond donors (Lipinski definition) is 2. The molecule has 0 saturated carbocycles. The highest BCUT2D eigenvalue weighted by atomic mass is 35.5. The fourth-order valence-corrected chi connectivity index (χ4v) is 5.48. The van der Waals surface area contributed by atoms with Crippen molar-refractivity contribution < 1.29 is 4.74 Å². The van der Waals surface area contributed by atoms with Crippen molar-refractivity contribution in [3.63, 3.8) is 0 Å². The fraction of sp³-hybridized carbons (Fsp3) is 0.0938. The van der Waals surface area contributed by atoms with Gasteiger partial charge in [0.2, 0.25) is 0 Å². The monoisotopic (exact) mass is 564 g/mol. The Morgan fingerprint density at radius 2 is 1.65 bits per heavy atom. The zero-order valence-electron chi connectivity index (χ0n) is 21.6. The number of anilines is 1. The SMILES string of the molecule is COc1ccc([C@@H]2CC(c3c(-c4ccc(Cl)cc4)c4ccccc4[nH]c3=O)=NN2C(=S)Nc2ccccc2)cc1. The van der Waals surface area contributed by atoms with Gasteiger partial charge in [-0.2, -0.15) is 5.10 Å². The number of rotatable bonds is 5. The van der Waals surface area contributed by atoms with Crippen LogP contribution in [0.1, 0.15) is 23.6 Å². The second-order valence-corrected chi connectivity index (χ2v) is 10.3. The molecule has 0 spiro atoms. The summed E-state index contributed by atoms with van der Waals surface area (Å²) >= 11 is 12.1. The molecule has 0 saturated heterocycles. The third-order valence-corrected chi connectivity index (χ3v) is 7.53. The molecule has 0 fully saturated rings. The minimum atomic E-state index is -0.228. The van der Waals surface area contributed by atoms with Crippen molar-refractivity contribution in [3.05, 3.63) is 130 Å². The zero-order chi connectivity index (χ0) is 27.6. The number of nitrogens with one attached hydrogen (secondary N) is 2. The molecule has 0 aliphatic carbocycles. The molecule has 4 aromatic carbocycles. The lowest BCUT2D eigenvalue weighted by Gasteiger charge is -2.25. The topological polar surface area (TPSA) is 69.7 Å². The minimum Gasteiger partial charge on any atom is -0.497 e. The number of para-hydroxylation sites is 2. The van der Waals surface area contributed by atoms with E-state index in [0.717, 1.165) is 39.0 Å². The summed E-state index contributed by atoms with van der Waals surface area (Å²) in [6.07, 6.45) is 0.477. The van der Waals surface area contributed by atoms with Crippen LogP contribution >= 0.6 is 23.8 Å². The van der Waals surface area contributed by atoms with Gasteiger partial charge in [-0.05, 0) is 65.8 Å². The van der Waals surface area contributed by atoms with E-state index in [1.54, 1.807) is 12.1 Å². The van der Waals surface area contributed by atoms with E-state index in [1.165, 1.54) is 0 Å². The third kappa shape index (κ3) is 4.97. The molecule has 198 valence electrons. The maximum atomic E-state index is 13.7. The predicted octanol–water partition coefficient (Wildman–Crippen LogP) is 7.41. The number of methoxy groups -OCH3 is 1. The molecule has 1 atom stereocenters. The molecule has 0 amide bonds. The number of aromatic amines is 1. The molecular formula is C32H25ClN4O2S. The lowest BCUT2D eigenvalue weighted by molar-refractivity contribution is 0.374. The average Bonchev–Trinajstić information content (AvgIpc) is 3.43. The van der Waals surface area contributed by atoms with Crippen molar-refractivity contribution in [2.24, 2.45) is 5.10 Å². The molecule has 5 aromatic rings. The molecule has 1 aliphatic heterocycles. The molecule has 0 bridgehead atoms. The first-order valence-corrected chi connectivity index (χ1v) is 13.6. The number of nitrogens with zero attached hydrogens (tertiary/aromatic N) is 2. The van der Waals surface area contributed by atoms with Crippen LogP contribution < -0.4 is 15.6 Å². The molecule has 0 unspecified atom stereocenters. The van der Waals surface area contributed by atoms with E-state index < -0.39 is 0 Å². The van der Waals surface area contributed by atoms with E-state index >= 15 is 0 Å². The summed E-state index contributed by atoms with van der Waals surface area (Å²) in [5.74, 6) is 0.760. The Kier molecular flexibility index (Phi) is 7.07. The van der Waals surface area contributed by atoms with E-state index in [2.05, 4.69) is 10.3 Å². The maximum absolute atomic E-state index is 13.7. The van der Waals surface area contributed by atoms with Crippen LogP contribution in [0.2, 0.25) is 5.02 Å². The normalized spacial score (nSPS) is 14.7. The number of aromatic nitrogens is 1. The van der Waals surface area contributed by atoms with Crippen LogP contribution in [0.25, 0.3) is 22.0 Å².